The highest BCUT2D eigenvalue weighted by Gasteiger charge is 2.38. The lowest BCUT2D eigenvalue weighted by atomic mass is 9.93. The van der Waals surface area contributed by atoms with Crippen molar-refractivity contribution in [1.29, 1.82) is 0 Å². The molecule has 2 aromatic rings. The summed E-state index contributed by atoms with van der Waals surface area (Å²) < 4.78 is 13.4. The number of hydrogen-bond donors (Lipinski definition) is 0. The number of benzene rings is 1. The molecule has 3 rings (SSSR count). The fraction of sp³-hybridized carbons (Fsp3) is 0.474. The highest BCUT2D eigenvalue weighted by Crippen LogP contribution is 2.27. The first-order valence-electron chi connectivity index (χ1n) is 8.54. The zero-order chi connectivity index (χ0) is 17.9. The number of carbonyl (C=O) groups is 1. The van der Waals surface area contributed by atoms with Crippen LogP contribution in [0.1, 0.15) is 28.8 Å². The van der Waals surface area contributed by atoms with Gasteiger partial charge in [-0.05, 0) is 37.5 Å². The molecule has 0 saturated carbocycles. The van der Waals surface area contributed by atoms with E-state index in [4.69, 9.17) is 9.47 Å². The van der Waals surface area contributed by atoms with Gasteiger partial charge < -0.3 is 14.4 Å². The molecule has 1 aromatic carbocycles. The molecular formula is C19H25N3O3. The van der Waals surface area contributed by atoms with E-state index in [1.54, 1.807) is 24.2 Å². The van der Waals surface area contributed by atoms with Crippen LogP contribution < -0.4 is 4.74 Å². The molecule has 1 aromatic heterocycles. The Morgan fingerprint density at radius 1 is 1.40 bits per heavy atom. The van der Waals surface area contributed by atoms with Crippen molar-refractivity contribution in [1.82, 2.24) is 14.7 Å². The van der Waals surface area contributed by atoms with Crippen molar-refractivity contribution in [2.75, 3.05) is 26.8 Å². The van der Waals surface area contributed by atoms with Crippen LogP contribution >= 0.6 is 0 Å². The van der Waals surface area contributed by atoms with Crippen molar-refractivity contribution in [3.63, 3.8) is 0 Å². The summed E-state index contributed by atoms with van der Waals surface area (Å²) in [5.74, 6) is 0.817. The van der Waals surface area contributed by atoms with Gasteiger partial charge in [0.05, 0.1) is 18.3 Å². The van der Waals surface area contributed by atoms with Gasteiger partial charge in [0.25, 0.3) is 5.91 Å². The molecular weight excluding hydrogens is 318 g/mol. The smallest absolute Gasteiger partial charge is 0.257 e. The number of likely N-dealkylation sites (tertiary alicyclic amines) is 1. The van der Waals surface area contributed by atoms with E-state index in [-0.39, 0.29) is 5.91 Å². The van der Waals surface area contributed by atoms with Crippen LogP contribution in [0.5, 0.6) is 5.75 Å². The topological polar surface area (TPSA) is 56.6 Å². The Morgan fingerprint density at radius 2 is 2.24 bits per heavy atom. The Kier molecular flexibility index (Phi) is 5.08. The summed E-state index contributed by atoms with van der Waals surface area (Å²) in [6.07, 6.45) is 5.10. The summed E-state index contributed by atoms with van der Waals surface area (Å²) in [5, 5.41) is 4.09. The normalized spacial score (nSPS) is 20.5. The van der Waals surface area contributed by atoms with Crippen LogP contribution in [0.4, 0.5) is 0 Å². The lowest BCUT2D eigenvalue weighted by molar-refractivity contribution is -0.0825. The quantitative estimate of drug-likeness (QED) is 0.837. The van der Waals surface area contributed by atoms with Gasteiger partial charge in [-0.3, -0.25) is 9.48 Å². The highest BCUT2D eigenvalue weighted by molar-refractivity contribution is 5.93. The van der Waals surface area contributed by atoms with E-state index >= 15 is 0 Å². The number of aromatic nitrogens is 2. The molecule has 0 spiro atoms. The van der Waals surface area contributed by atoms with Crippen molar-refractivity contribution in [2.24, 2.45) is 7.05 Å². The third-order valence-corrected chi connectivity index (χ3v) is 4.70. The fourth-order valence-corrected chi connectivity index (χ4v) is 3.25. The SMILES string of the molecule is CO[C@]1(COc2cccc(C)c2)CCCN(C(=O)c2cnn(C)c2)C1. The van der Waals surface area contributed by atoms with Gasteiger partial charge in [-0.25, -0.2) is 0 Å². The van der Waals surface area contributed by atoms with Crippen LogP contribution in [0.25, 0.3) is 0 Å². The van der Waals surface area contributed by atoms with Crippen LogP contribution in [0.3, 0.4) is 0 Å². The number of carbonyl (C=O) groups excluding carboxylic acids is 1. The van der Waals surface area contributed by atoms with Crippen LogP contribution in [-0.4, -0.2) is 53.0 Å². The Balaban J connectivity index is 1.69. The molecule has 0 N–H and O–H groups in total. The van der Waals surface area contributed by atoms with E-state index in [2.05, 4.69) is 5.10 Å². The standard InChI is InChI=1S/C19H25N3O3/c1-15-6-4-7-17(10-15)25-14-19(24-3)8-5-9-22(13-19)18(23)16-11-20-21(2)12-16/h4,6-7,10-12H,5,8-9,13-14H2,1-3H3/t19-/m1/s1. The van der Waals surface area contributed by atoms with Gasteiger partial charge in [-0.2, -0.15) is 5.10 Å². The maximum Gasteiger partial charge on any atom is 0.257 e. The molecule has 0 radical (unpaired) electrons. The highest BCUT2D eigenvalue weighted by atomic mass is 16.5. The van der Waals surface area contributed by atoms with Gasteiger partial charge >= 0.3 is 0 Å². The first kappa shape index (κ1) is 17.5. The minimum Gasteiger partial charge on any atom is -0.491 e. The molecule has 1 aliphatic heterocycles. The average molecular weight is 343 g/mol. The number of methoxy groups -OCH3 is 1. The first-order chi connectivity index (χ1) is 12.0. The van der Waals surface area contributed by atoms with Crippen LogP contribution in [0.2, 0.25) is 0 Å². The van der Waals surface area contributed by atoms with Crippen LogP contribution in [-0.2, 0) is 11.8 Å². The summed E-state index contributed by atoms with van der Waals surface area (Å²) in [5.41, 5.74) is 1.27. The predicted molar refractivity (Wildman–Crippen MR) is 94.8 cm³/mol. The molecule has 1 fully saturated rings. The van der Waals surface area contributed by atoms with E-state index in [1.165, 1.54) is 0 Å². The number of rotatable bonds is 5. The molecule has 6 nitrogen and oxygen atoms in total. The van der Waals surface area contributed by atoms with Crippen molar-refractivity contribution in [3.05, 3.63) is 47.8 Å². The second-order valence-corrected chi connectivity index (χ2v) is 6.73. The minimum absolute atomic E-state index is 0.00946. The molecule has 0 aliphatic carbocycles. The lowest BCUT2D eigenvalue weighted by Gasteiger charge is -2.41. The molecule has 134 valence electrons. The van der Waals surface area contributed by atoms with E-state index in [1.807, 2.05) is 43.1 Å². The molecule has 1 amide bonds. The van der Waals surface area contributed by atoms with E-state index < -0.39 is 5.60 Å². The third kappa shape index (κ3) is 4.02. The van der Waals surface area contributed by atoms with Gasteiger partial charge in [0.1, 0.15) is 18.0 Å². The van der Waals surface area contributed by atoms with Gasteiger partial charge in [0, 0.05) is 26.9 Å². The fourth-order valence-electron chi connectivity index (χ4n) is 3.25. The molecule has 6 heteroatoms. The van der Waals surface area contributed by atoms with E-state index in [0.717, 1.165) is 30.7 Å². The lowest BCUT2D eigenvalue weighted by Crippen LogP contribution is -2.54. The van der Waals surface area contributed by atoms with Gasteiger partial charge in [0.15, 0.2) is 0 Å². The van der Waals surface area contributed by atoms with Crippen LogP contribution in [0.15, 0.2) is 36.7 Å². The van der Waals surface area contributed by atoms with Gasteiger partial charge in [0.2, 0.25) is 0 Å². The van der Waals surface area contributed by atoms with Gasteiger partial charge in [-0.15, -0.1) is 0 Å². The second-order valence-electron chi connectivity index (χ2n) is 6.73. The molecule has 1 atom stereocenters. The summed E-state index contributed by atoms with van der Waals surface area (Å²) >= 11 is 0. The first-order valence-corrected chi connectivity index (χ1v) is 8.54. The molecule has 25 heavy (non-hydrogen) atoms. The zero-order valence-electron chi connectivity index (χ0n) is 15.1. The molecule has 1 saturated heterocycles. The molecule has 0 bridgehead atoms. The largest absolute Gasteiger partial charge is 0.491 e. The minimum atomic E-state index is -0.486. The second kappa shape index (κ2) is 7.27. The third-order valence-electron chi connectivity index (χ3n) is 4.70. The molecule has 2 heterocycles. The van der Waals surface area contributed by atoms with Gasteiger partial charge in [-0.1, -0.05) is 12.1 Å². The maximum absolute atomic E-state index is 12.7. The Hall–Kier alpha value is -2.34. The average Bonchev–Trinajstić information content (AvgIpc) is 3.06. The van der Waals surface area contributed by atoms with Crippen molar-refractivity contribution < 1.29 is 14.3 Å². The number of piperidine rings is 1. The number of amides is 1. The zero-order valence-corrected chi connectivity index (χ0v) is 15.1. The Morgan fingerprint density at radius 3 is 2.92 bits per heavy atom. The summed E-state index contributed by atoms with van der Waals surface area (Å²) in [6, 6.07) is 7.96. The predicted octanol–water partition coefficient (Wildman–Crippen LogP) is 2.43. The van der Waals surface area contributed by atoms with Crippen molar-refractivity contribution in [2.45, 2.75) is 25.4 Å². The summed E-state index contributed by atoms with van der Waals surface area (Å²) in [6.45, 7) is 3.70. The number of ether oxygens (including phenoxy) is 2. The summed E-state index contributed by atoms with van der Waals surface area (Å²) in [7, 11) is 3.50. The maximum atomic E-state index is 12.7. The number of nitrogens with zero attached hydrogens (tertiary/aromatic N) is 3. The molecule has 0 unspecified atom stereocenters. The van der Waals surface area contributed by atoms with E-state index in [0.29, 0.717) is 18.7 Å². The summed E-state index contributed by atoms with van der Waals surface area (Å²) in [4.78, 5) is 14.5. The van der Waals surface area contributed by atoms with E-state index in [9.17, 15) is 4.79 Å². The molecule has 1 aliphatic rings. The Bertz CT molecular complexity index is 743. The number of hydrogen-bond acceptors (Lipinski definition) is 4. The van der Waals surface area contributed by atoms with Crippen molar-refractivity contribution >= 4 is 5.91 Å². The Labute approximate surface area is 148 Å². The monoisotopic (exact) mass is 343 g/mol. The van der Waals surface area contributed by atoms with Crippen LogP contribution in [0, 0.1) is 6.92 Å². The van der Waals surface area contributed by atoms with Crippen molar-refractivity contribution in [3.8, 4) is 5.75 Å². The number of aryl methyl sites for hydroxylation is 2.